The Bertz CT molecular complexity index is 2280. The number of pyridine rings is 2. The highest BCUT2D eigenvalue weighted by molar-refractivity contribution is 7.92. The lowest BCUT2D eigenvalue weighted by Gasteiger charge is -2.20. The van der Waals surface area contributed by atoms with Gasteiger partial charge in [-0.3, -0.25) is 9.97 Å². The molecule has 2 aliphatic heterocycles. The minimum Gasteiger partial charge on any atom is -0.477 e. The molecule has 62 heavy (non-hydrogen) atoms. The summed E-state index contributed by atoms with van der Waals surface area (Å²) in [5.74, 6) is 0.985. The molecule has 4 aromatic rings. The van der Waals surface area contributed by atoms with Crippen LogP contribution in [0, 0.1) is 0 Å². The van der Waals surface area contributed by atoms with Crippen molar-refractivity contribution >= 4 is 43.3 Å². The van der Waals surface area contributed by atoms with Gasteiger partial charge in [-0.2, -0.15) is 10.2 Å². The van der Waals surface area contributed by atoms with Crippen LogP contribution in [0.1, 0.15) is 126 Å². The van der Waals surface area contributed by atoms with Gasteiger partial charge in [-0.1, -0.05) is 55.4 Å². The number of hydrogen-bond donors (Lipinski definition) is 6. The molecule has 4 amide bonds. The molecule has 2 aliphatic rings. The van der Waals surface area contributed by atoms with E-state index in [-0.39, 0.29) is 33.5 Å². The number of urea groups is 2. The van der Waals surface area contributed by atoms with Crippen molar-refractivity contribution < 1.29 is 27.5 Å². The van der Waals surface area contributed by atoms with Crippen molar-refractivity contribution in [3.8, 4) is 11.8 Å². The van der Waals surface area contributed by atoms with E-state index < -0.39 is 31.9 Å². The first-order chi connectivity index (χ1) is 29.3. The number of carbonyl (C=O) groups is 2. The number of hydrogen-bond acceptors (Lipinski definition) is 12. The summed E-state index contributed by atoms with van der Waals surface area (Å²) in [6.07, 6.45) is 4.30. The van der Waals surface area contributed by atoms with Crippen LogP contribution in [0.2, 0.25) is 0 Å². The van der Waals surface area contributed by atoms with E-state index in [1.807, 2.05) is 81.6 Å². The molecule has 6 heterocycles. The van der Waals surface area contributed by atoms with Crippen molar-refractivity contribution in [1.82, 2.24) is 40.2 Å². The highest BCUT2D eigenvalue weighted by Crippen LogP contribution is 2.35. The Balaban J connectivity index is 0.000000234. The molecule has 22 heteroatoms. The van der Waals surface area contributed by atoms with E-state index in [9.17, 15) is 18.0 Å². The summed E-state index contributed by atoms with van der Waals surface area (Å²) >= 11 is 0. The highest BCUT2D eigenvalue weighted by atomic mass is 32.2. The number of amides is 4. The average Bonchev–Trinajstić information content (AvgIpc) is 3.85. The standard InChI is InChI=1S/2C20H31N7O3S/c2*1-12(2)15-9-14(10-22-5)24-17(13(3)4)18(15)25-20(28)26-31(21,29)16-11-23-27-7-6-8-30-19(16)27/h2*9,11-13,22H,6-8,10H2,1-5H3,(H3,21,25,26,28,29). The largest absolute Gasteiger partial charge is 0.477 e. The van der Waals surface area contributed by atoms with Crippen molar-refractivity contribution in [2.24, 2.45) is 19.0 Å². The summed E-state index contributed by atoms with van der Waals surface area (Å²) in [6.45, 7) is 19.6. The van der Waals surface area contributed by atoms with E-state index in [2.05, 4.69) is 40.2 Å². The van der Waals surface area contributed by atoms with Crippen LogP contribution >= 0.6 is 0 Å². The van der Waals surface area contributed by atoms with Crippen molar-refractivity contribution in [2.75, 3.05) is 37.9 Å². The topological polar surface area (TPSA) is 273 Å². The maximum Gasteiger partial charge on any atom is 0.354 e. The maximum absolute atomic E-state index is 13.1. The molecule has 0 bridgehead atoms. The first-order valence-electron chi connectivity index (χ1n) is 20.7. The van der Waals surface area contributed by atoms with Crippen LogP contribution in [0.15, 0.2) is 43.0 Å². The molecule has 6 rings (SSSR count). The number of rotatable bonds is 12. The fourth-order valence-electron chi connectivity index (χ4n) is 6.94. The molecule has 4 aromatic heterocycles. The molecule has 20 nitrogen and oxygen atoms in total. The lowest BCUT2D eigenvalue weighted by molar-refractivity contribution is 0.224. The molecule has 340 valence electrons. The van der Waals surface area contributed by atoms with Gasteiger partial charge in [-0.05, 0) is 61.0 Å². The average molecular weight is 899 g/mol. The van der Waals surface area contributed by atoms with Crippen LogP contribution in [0.4, 0.5) is 21.0 Å². The molecule has 8 N–H and O–H groups in total. The van der Waals surface area contributed by atoms with E-state index >= 15 is 0 Å². The van der Waals surface area contributed by atoms with E-state index in [4.69, 9.17) is 29.7 Å². The van der Waals surface area contributed by atoms with E-state index in [1.165, 1.54) is 12.4 Å². The lowest BCUT2D eigenvalue weighted by atomic mass is 9.96. The predicted octanol–water partition coefficient (Wildman–Crippen LogP) is 5.92. The van der Waals surface area contributed by atoms with Crippen LogP contribution < -0.4 is 41.0 Å². The molecule has 0 aliphatic carbocycles. The molecule has 0 saturated heterocycles. The van der Waals surface area contributed by atoms with Crippen molar-refractivity contribution in [3.63, 3.8) is 0 Å². The Morgan fingerprint density at radius 3 is 1.37 bits per heavy atom. The smallest absolute Gasteiger partial charge is 0.354 e. The number of anilines is 2. The third-order valence-electron chi connectivity index (χ3n) is 9.87. The number of carbonyl (C=O) groups excluding carboxylic acids is 2. The Labute approximate surface area is 364 Å². The fraction of sp³-hybridized carbons (Fsp3) is 0.550. The quantitative estimate of drug-likeness (QED) is 0.0967. The van der Waals surface area contributed by atoms with E-state index in [0.29, 0.717) is 62.5 Å². The summed E-state index contributed by atoms with van der Waals surface area (Å²) in [6, 6.07) is 2.33. The van der Waals surface area contributed by atoms with Gasteiger partial charge in [0.1, 0.15) is 9.79 Å². The molecule has 0 spiro atoms. The van der Waals surface area contributed by atoms with Gasteiger partial charge in [-0.25, -0.2) is 37.6 Å². The summed E-state index contributed by atoms with van der Waals surface area (Å²) in [4.78, 5) is 35.3. The molecular weight excluding hydrogens is 837 g/mol. The zero-order valence-corrected chi connectivity index (χ0v) is 38.9. The van der Waals surface area contributed by atoms with Crippen molar-refractivity contribution in [1.29, 1.82) is 0 Å². The predicted molar refractivity (Wildman–Crippen MR) is 239 cm³/mol. The summed E-state index contributed by atoms with van der Waals surface area (Å²) in [7, 11) is -3.36. The Hall–Kier alpha value is -5.00. The number of nitrogens with two attached hydrogens (primary N) is 2. The second kappa shape index (κ2) is 20.5. The molecule has 0 radical (unpaired) electrons. The minimum absolute atomic E-state index is 0.0583. The molecular formula is C40H62N14O6S2. The number of fused-ring (bicyclic) bond motifs is 2. The van der Waals surface area contributed by atoms with Gasteiger partial charge in [0, 0.05) is 39.0 Å². The number of nitrogens with zero attached hydrogens (tertiary/aromatic N) is 8. The second-order valence-electron chi connectivity index (χ2n) is 16.3. The molecule has 0 aromatic carbocycles. The van der Waals surface area contributed by atoms with Gasteiger partial charge < -0.3 is 30.7 Å². The van der Waals surface area contributed by atoms with Crippen molar-refractivity contribution in [3.05, 3.63) is 58.4 Å². The monoisotopic (exact) mass is 898 g/mol. The molecule has 0 fully saturated rings. The van der Waals surface area contributed by atoms with Gasteiger partial charge in [0.05, 0.1) is 59.8 Å². The highest BCUT2D eigenvalue weighted by Gasteiger charge is 2.27. The van der Waals surface area contributed by atoms with Crippen LogP contribution in [0.25, 0.3) is 0 Å². The Kier molecular flexibility index (Phi) is 15.9. The van der Waals surface area contributed by atoms with Gasteiger partial charge in [-0.15, -0.1) is 8.73 Å². The Morgan fingerprint density at radius 2 is 1.05 bits per heavy atom. The molecule has 2 atom stereocenters. The second-order valence-corrected chi connectivity index (χ2v) is 19.8. The zero-order valence-electron chi connectivity index (χ0n) is 37.3. The maximum atomic E-state index is 13.1. The number of aromatic nitrogens is 6. The number of aryl methyl sites for hydroxylation is 2. The summed E-state index contributed by atoms with van der Waals surface area (Å²) in [5.41, 5.74) is 6.30. The van der Waals surface area contributed by atoms with Crippen LogP contribution in [0.5, 0.6) is 11.8 Å². The fourth-order valence-corrected chi connectivity index (χ4v) is 8.95. The van der Waals surface area contributed by atoms with Gasteiger partial charge in [0.2, 0.25) is 11.8 Å². The van der Waals surface area contributed by atoms with Gasteiger partial charge >= 0.3 is 12.1 Å². The summed E-state index contributed by atoms with van der Waals surface area (Å²) < 4.78 is 48.0. The third-order valence-corrected chi connectivity index (χ3v) is 12.6. The lowest BCUT2D eigenvalue weighted by Crippen LogP contribution is -2.22. The van der Waals surface area contributed by atoms with Crippen molar-refractivity contribution in [2.45, 2.75) is 128 Å². The molecule has 2 unspecified atom stereocenters. The van der Waals surface area contributed by atoms with E-state index in [1.54, 1.807) is 9.36 Å². The molecule has 0 saturated carbocycles. The number of nitrogens with one attached hydrogen (secondary N) is 4. The Morgan fingerprint density at radius 1 is 0.677 bits per heavy atom. The van der Waals surface area contributed by atoms with E-state index in [0.717, 1.165) is 46.7 Å². The third kappa shape index (κ3) is 11.3. The zero-order chi connectivity index (χ0) is 45.5. The summed E-state index contributed by atoms with van der Waals surface area (Å²) in [5, 5.41) is 32.0. The van der Waals surface area contributed by atoms with Gasteiger partial charge in [0.15, 0.2) is 19.8 Å². The number of ether oxygens (including phenoxy) is 2. The van der Waals surface area contributed by atoms with Crippen LogP contribution in [-0.4, -0.2) is 77.3 Å². The SMILES string of the molecule is CNCc1cc(C(C)C)c(NC(=O)N=S(N)(=O)c2cnn3c2OCCC3)c(C(C)C)n1.CNCc1cc(C(C)C)c(NC(=O)N=S(N)(=O)c2cnn3c2OCCC3)c(C(C)C)n1. The minimum atomic E-state index is -3.54. The van der Waals surface area contributed by atoms with Crippen LogP contribution in [-0.2, 0) is 46.0 Å². The van der Waals surface area contributed by atoms with Crippen LogP contribution in [0.3, 0.4) is 0 Å². The first kappa shape index (κ1) is 48.0. The van der Waals surface area contributed by atoms with Gasteiger partial charge in [0.25, 0.3) is 0 Å². The first-order valence-corrected chi connectivity index (χ1v) is 23.9. The normalized spacial score (nSPS) is 15.4.